The molecule has 0 unspecified atom stereocenters. The van der Waals surface area contributed by atoms with Gasteiger partial charge in [-0.2, -0.15) is 0 Å². The highest BCUT2D eigenvalue weighted by atomic mass is 16.7. The minimum atomic E-state index is -1.34. The molecule has 3 aromatic rings. The Hall–Kier alpha value is -3.27. The van der Waals surface area contributed by atoms with Gasteiger partial charge < -0.3 is 33.5 Å². The standard InChI is InChI=1S/C29H32O8/c1-32-23-15-13-22(14-16-23)19-36-29-27(35-18-21-11-7-4-8-12-21)25(24(30)26(37-29)28(31)33-2)34-17-20-9-5-3-6-10-20/h3-16,24-27,29-30H,17-19H2,1-2H3/t24-,25+,26+,27-,29-/m1/s1. The first-order valence-electron chi connectivity index (χ1n) is 12.1. The van der Waals surface area contributed by atoms with E-state index in [1.54, 1.807) is 7.11 Å². The van der Waals surface area contributed by atoms with Gasteiger partial charge in [0, 0.05) is 0 Å². The molecule has 196 valence electrons. The van der Waals surface area contributed by atoms with Gasteiger partial charge in [0.1, 0.15) is 24.1 Å². The average Bonchev–Trinajstić information content (AvgIpc) is 2.95. The van der Waals surface area contributed by atoms with Crippen molar-refractivity contribution in [2.45, 2.75) is 50.5 Å². The molecule has 0 bridgehead atoms. The van der Waals surface area contributed by atoms with Gasteiger partial charge in [-0.25, -0.2) is 4.79 Å². The molecule has 5 atom stereocenters. The van der Waals surface area contributed by atoms with Gasteiger partial charge in [0.05, 0.1) is 34.0 Å². The molecule has 1 heterocycles. The second-order valence-electron chi connectivity index (χ2n) is 8.62. The topological polar surface area (TPSA) is 92.7 Å². The summed E-state index contributed by atoms with van der Waals surface area (Å²) < 4.78 is 34.5. The molecule has 1 N–H and O–H groups in total. The zero-order valence-electron chi connectivity index (χ0n) is 20.9. The van der Waals surface area contributed by atoms with Crippen molar-refractivity contribution in [3.8, 4) is 5.75 Å². The minimum Gasteiger partial charge on any atom is -0.497 e. The monoisotopic (exact) mass is 508 g/mol. The third-order valence-electron chi connectivity index (χ3n) is 6.10. The van der Waals surface area contributed by atoms with E-state index in [9.17, 15) is 9.90 Å². The number of ether oxygens (including phenoxy) is 6. The van der Waals surface area contributed by atoms with Gasteiger partial charge in [0.2, 0.25) is 0 Å². The molecule has 0 aromatic heterocycles. The van der Waals surface area contributed by atoms with Crippen molar-refractivity contribution in [1.82, 2.24) is 0 Å². The lowest BCUT2D eigenvalue weighted by atomic mass is 9.98. The van der Waals surface area contributed by atoms with Gasteiger partial charge in [0.15, 0.2) is 12.4 Å². The molecule has 37 heavy (non-hydrogen) atoms. The highest BCUT2D eigenvalue weighted by molar-refractivity contribution is 5.75. The fraction of sp³-hybridized carbons (Fsp3) is 0.345. The summed E-state index contributed by atoms with van der Waals surface area (Å²) in [5.74, 6) is 0.00496. The lowest BCUT2D eigenvalue weighted by Gasteiger charge is -2.43. The quantitative estimate of drug-likeness (QED) is 0.393. The molecule has 1 fully saturated rings. The number of hydrogen-bond donors (Lipinski definition) is 1. The van der Waals surface area contributed by atoms with E-state index in [4.69, 9.17) is 28.4 Å². The maximum atomic E-state index is 12.5. The second-order valence-corrected chi connectivity index (χ2v) is 8.62. The molecule has 1 aliphatic rings. The molecular weight excluding hydrogens is 476 g/mol. The molecule has 0 saturated carbocycles. The number of carbonyl (C=O) groups is 1. The second kappa shape index (κ2) is 13.3. The Balaban J connectivity index is 1.57. The Kier molecular flexibility index (Phi) is 9.65. The number of aliphatic hydroxyl groups is 1. The fourth-order valence-corrected chi connectivity index (χ4v) is 4.07. The maximum absolute atomic E-state index is 12.5. The van der Waals surface area contributed by atoms with Crippen molar-refractivity contribution >= 4 is 5.97 Å². The van der Waals surface area contributed by atoms with Crippen molar-refractivity contribution in [2.75, 3.05) is 14.2 Å². The van der Waals surface area contributed by atoms with Gasteiger partial charge in [0.25, 0.3) is 0 Å². The van der Waals surface area contributed by atoms with Gasteiger partial charge >= 0.3 is 5.97 Å². The molecule has 0 amide bonds. The predicted octanol–water partition coefficient (Wildman–Crippen LogP) is 3.64. The van der Waals surface area contributed by atoms with Crippen molar-refractivity contribution in [3.05, 3.63) is 102 Å². The minimum absolute atomic E-state index is 0.176. The van der Waals surface area contributed by atoms with Crippen LogP contribution in [0.4, 0.5) is 0 Å². The van der Waals surface area contributed by atoms with Crippen LogP contribution in [-0.4, -0.2) is 56.0 Å². The predicted molar refractivity (Wildman–Crippen MR) is 135 cm³/mol. The van der Waals surface area contributed by atoms with Crippen LogP contribution in [0.1, 0.15) is 16.7 Å². The summed E-state index contributed by atoms with van der Waals surface area (Å²) >= 11 is 0. The third kappa shape index (κ3) is 7.15. The summed E-state index contributed by atoms with van der Waals surface area (Å²) in [6.45, 7) is 0.611. The molecule has 8 heteroatoms. The molecule has 1 saturated heterocycles. The number of rotatable bonds is 11. The van der Waals surface area contributed by atoms with Crippen LogP contribution >= 0.6 is 0 Å². The molecule has 3 aromatic carbocycles. The smallest absolute Gasteiger partial charge is 0.337 e. The molecule has 1 aliphatic heterocycles. The van der Waals surface area contributed by atoms with E-state index in [0.29, 0.717) is 0 Å². The van der Waals surface area contributed by atoms with E-state index in [-0.39, 0.29) is 19.8 Å². The van der Waals surface area contributed by atoms with Gasteiger partial charge in [-0.05, 0) is 28.8 Å². The van der Waals surface area contributed by atoms with E-state index in [0.717, 1.165) is 22.4 Å². The Bertz CT molecular complexity index is 1090. The molecule has 0 spiro atoms. The fourth-order valence-electron chi connectivity index (χ4n) is 4.07. The Morgan fingerprint density at radius 2 is 1.24 bits per heavy atom. The van der Waals surface area contributed by atoms with Crippen LogP contribution in [0.5, 0.6) is 5.75 Å². The molecular formula is C29H32O8. The summed E-state index contributed by atoms with van der Waals surface area (Å²) in [6, 6.07) is 26.6. The van der Waals surface area contributed by atoms with Crippen LogP contribution in [0.3, 0.4) is 0 Å². The van der Waals surface area contributed by atoms with Crippen LogP contribution in [-0.2, 0) is 48.3 Å². The van der Waals surface area contributed by atoms with Crippen LogP contribution in [0.25, 0.3) is 0 Å². The van der Waals surface area contributed by atoms with Crippen molar-refractivity contribution in [2.24, 2.45) is 0 Å². The molecule has 0 aliphatic carbocycles. The lowest BCUT2D eigenvalue weighted by Crippen LogP contribution is -2.62. The van der Waals surface area contributed by atoms with E-state index >= 15 is 0 Å². The average molecular weight is 509 g/mol. The Morgan fingerprint density at radius 1 is 0.730 bits per heavy atom. The first-order valence-corrected chi connectivity index (χ1v) is 12.1. The van der Waals surface area contributed by atoms with Crippen molar-refractivity contribution in [3.63, 3.8) is 0 Å². The van der Waals surface area contributed by atoms with E-state index in [1.807, 2.05) is 84.9 Å². The normalized spacial score (nSPS) is 23.4. The summed E-state index contributed by atoms with van der Waals surface area (Å²) in [4.78, 5) is 12.5. The van der Waals surface area contributed by atoms with Gasteiger partial charge in [-0.15, -0.1) is 0 Å². The van der Waals surface area contributed by atoms with Gasteiger partial charge in [-0.3, -0.25) is 0 Å². The van der Waals surface area contributed by atoms with Crippen LogP contribution in [0, 0.1) is 0 Å². The zero-order valence-corrected chi connectivity index (χ0v) is 20.9. The molecule has 4 rings (SSSR count). The SMILES string of the molecule is COC(=O)[C@H]1O[C@@H](OCc2ccc(OC)cc2)[C@H](OCc2ccccc2)[C@@H](OCc2ccccc2)[C@H]1O. The number of carbonyl (C=O) groups excluding carboxylic acids is 1. The van der Waals surface area contributed by atoms with Crippen molar-refractivity contribution in [1.29, 1.82) is 0 Å². The van der Waals surface area contributed by atoms with E-state index in [2.05, 4.69) is 0 Å². The number of aliphatic hydroxyl groups excluding tert-OH is 1. The van der Waals surface area contributed by atoms with Crippen molar-refractivity contribution < 1.29 is 38.3 Å². The van der Waals surface area contributed by atoms with Crippen LogP contribution < -0.4 is 4.74 Å². The first kappa shape index (κ1) is 26.8. The highest BCUT2D eigenvalue weighted by Crippen LogP contribution is 2.30. The number of esters is 1. The largest absolute Gasteiger partial charge is 0.497 e. The number of hydrogen-bond acceptors (Lipinski definition) is 8. The van der Waals surface area contributed by atoms with Crippen LogP contribution in [0.15, 0.2) is 84.9 Å². The molecule has 0 radical (unpaired) electrons. The summed E-state index contributed by atoms with van der Waals surface area (Å²) in [7, 11) is 2.84. The number of methoxy groups -OCH3 is 2. The number of benzene rings is 3. The Labute approximate surface area is 216 Å². The molecule has 8 nitrogen and oxygen atoms in total. The maximum Gasteiger partial charge on any atom is 0.337 e. The first-order chi connectivity index (χ1) is 18.1. The lowest BCUT2D eigenvalue weighted by molar-refractivity contribution is -0.315. The summed E-state index contributed by atoms with van der Waals surface area (Å²) in [6.07, 6.45) is -5.42. The zero-order chi connectivity index (χ0) is 26.0. The Morgan fingerprint density at radius 3 is 1.78 bits per heavy atom. The summed E-state index contributed by atoms with van der Waals surface area (Å²) in [5, 5.41) is 11.1. The van der Waals surface area contributed by atoms with Gasteiger partial charge in [-0.1, -0.05) is 72.8 Å². The third-order valence-corrected chi connectivity index (χ3v) is 6.10. The van der Waals surface area contributed by atoms with Crippen LogP contribution in [0.2, 0.25) is 0 Å². The van der Waals surface area contributed by atoms with E-state index in [1.165, 1.54) is 7.11 Å². The van der Waals surface area contributed by atoms with E-state index < -0.39 is 36.7 Å². The highest BCUT2D eigenvalue weighted by Gasteiger charge is 2.50. The summed E-state index contributed by atoms with van der Waals surface area (Å²) in [5.41, 5.74) is 2.71.